The minimum absolute atomic E-state index is 0.197. The number of alkyl halides is 2. The van der Waals surface area contributed by atoms with Crippen molar-refractivity contribution in [2.45, 2.75) is 16.6 Å². The molecule has 0 saturated carbocycles. The largest absolute Gasteiger partial charge is 0.465 e. The number of esters is 1. The van der Waals surface area contributed by atoms with Gasteiger partial charge in [0.15, 0.2) is 0 Å². The van der Waals surface area contributed by atoms with Gasteiger partial charge in [-0.25, -0.2) is 9.97 Å². The van der Waals surface area contributed by atoms with Crippen LogP contribution in [0.5, 0.6) is 0 Å². The van der Waals surface area contributed by atoms with Gasteiger partial charge in [-0.05, 0) is 6.92 Å². The Morgan fingerprint density at radius 2 is 2.07 bits per heavy atom. The van der Waals surface area contributed by atoms with Crippen LogP contribution < -0.4 is 0 Å². The van der Waals surface area contributed by atoms with E-state index in [0.717, 1.165) is 5.56 Å². The van der Waals surface area contributed by atoms with Gasteiger partial charge in [-0.3, -0.25) is 4.79 Å². The first-order valence-corrected chi connectivity index (χ1v) is 6.19. The summed E-state index contributed by atoms with van der Waals surface area (Å²) in [5.41, 5.74) is 0.826. The average molecular weight is 338 g/mol. The third-order valence-electron chi connectivity index (χ3n) is 1.67. The quantitative estimate of drug-likeness (QED) is 0.624. The Kier molecular flexibility index (Phi) is 5.17. The van der Waals surface area contributed by atoms with Crippen LogP contribution in [0, 0.1) is 0 Å². The summed E-state index contributed by atoms with van der Waals surface area (Å²) in [6.07, 6.45) is 4.75. The molecule has 0 saturated heterocycles. The topological polar surface area (TPSA) is 52.1 Å². The van der Waals surface area contributed by atoms with E-state index in [9.17, 15) is 4.79 Å². The Balaban J connectivity index is 2.68. The number of halogens is 2. The van der Waals surface area contributed by atoms with E-state index in [4.69, 9.17) is 4.74 Å². The molecule has 0 aliphatic rings. The zero-order valence-corrected chi connectivity index (χ0v) is 11.2. The van der Waals surface area contributed by atoms with Crippen LogP contribution in [0.3, 0.4) is 0 Å². The average Bonchev–Trinajstić information content (AvgIpc) is 2.28. The third kappa shape index (κ3) is 3.53. The molecule has 0 aromatic carbocycles. The summed E-state index contributed by atoms with van der Waals surface area (Å²) in [4.78, 5) is 18.5. The SMILES string of the molecule is CCOC(=O)[C@@H](Br)[C@@H](Br)c1cncnc1. The molecular formula is C9H10Br2N2O2. The Bertz CT molecular complexity index is 321. The number of aromatic nitrogens is 2. The molecule has 0 bridgehead atoms. The molecule has 82 valence electrons. The van der Waals surface area contributed by atoms with Crippen LogP contribution in [-0.2, 0) is 9.53 Å². The first kappa shape index (κ1) is 12.6. The number of carbonyl (C=O) groups excluding carboxylic acids is 1. The van der Waals surface area contributed by atoms with Crippen LogP contribution in [0.4, 0.5) is 0 Å². The van der Waals surface area contributed by atoms with E-state index in [1.54, 1.807) is 19.3 Å². The second-order valence-electron chi connectivity index (χ2n) is 2.73. The smallest absolute Gasteiger partial charge is 0.321 e. The lowest BCUT2D eigenvalue weighted by atomic mass is 10.2. The second kappa shape index (κ2) is 6.17. The Morgan fingerprint density at radius 3 is 2.60 bits per heavy atom. The minimum Gasteiger partial charge on any atom is -0.465 e. The molecule has 0 radical (unpaired) electrons. The molecule has 0 fully saturated rings. The molecule has 2 atom stereocenters. The van der Waals surface area contributed by atoms with Gasteiger partial charge in [0.05, 0.1) is 11.4 Å². The zero-order chi connectivity index (χ0) is 11.3. The van der Waals surface area contributed by atoms with Gasteiger partial charge in [-0.15, -0.1) is 0 Å². The Morgan fingerprint density at radius 1 is 1.47 bits per heavy atom. The van der Waals surface area contributed by atoms with Crippen LogP contribution in [0.15, 0.2) is 18.7 Å². The molecule has 15 heavy (non-hydrogen) atoms. The lowest BCUT2D eigenvalue weighted by molar-refractivity contribution is -0.142. The maximum atomic E-state index is 11.4. The summed E-state index contributed by atoms with van der Waals surface area (Å²) in [5, 5.41) is 0. The lowest BCUT2D eigenvalue weighted by Crippen LogP contribution is -2.21. The van der Waals surface area contributed by atoms with Gasteiger partial charge in [0.2, 0.25) is 0 Å². The maximum Gasteiger partial charge on any atom is 0.321 e. The van der Waals surface area contributed by atoms with Crippen molar-refractivity contribution >= 4 is 37.8 Å². The normalized spacial score (nSPS) is 14.3. The Hall–Kier alpha value is -0.490. The molecule has 1 rings (SSSR count). The van der Waals surface area contributed by atoms with Crippen LogP contribution in [0.25, 0.3) is 0 Å². The fourth-order valence-corrected chi connectivity index (χ4v) is 1.85. The fraction of sp³-hybridized carbons (Fsp3) is 0.444. The highest BCUT2D eigenvalue weighted by Crippen LogP contribution is 2.30. The molecule has 1 aromatic rings. The van der Waals surface area contributed by atoms with E-state index in [1.807, 2.05) is 0 Å². The summed E-state index contributed by atoms with van der Waals surface area (Å²) >= 11 is 6.66. The molecule has 6 heteroatoms. The molecule has 1 heterocycles. The summed E-state index contributed by atoms with van der Waals surface area (Å²) in [6.45, 7) is 2.14. The van der Waals surface area contributed by atoms with E-state index in [1.165, 1.54) is 6.33 Å². The van der Waals surface area contributed by atoms with Gasteiger partial charge in [0.1, 0.15) is 11.2 Å². The number of hydrogen-bond donors (Lipinski definition) is 0. The molecule has 0 N–H and O–H groups in total. The van der Waals surface area contributed by atoms with Crippen molar-refractivity contribution in [3.05, 3.63) is 24.3 Å². The summed E-state index contributed by atoms with van der Waals surface area (Å²) in [7, 11) is 0. The molecule has 0 amide bonds. The number of hydrogen-bond acceptors (Lipinski definition) is 4. The van der Waals surface area contributed by atoms with Crippen molar-refractivity contribution < 1.29 is 9.53 Å². The predicted octanol–water partition coefficient (Wildman–Crippen LogP) is 2.24. The molecule has 0 unspecified atom stereocenters. The van der Waals surface area contributed by atoms with Crippen molar-refractivity contribution in [2.24, 2.45) is 0 Å². The van der Waals surface area contributed by atoms with E-state index >= 15 is 0 Å². The number of rotatable bonds is 4. The van der Waals surface area contributed by atoms with E-state index in [2.05, 4.69) is 41.8 Å². The molecule has 0 aliphatic heterocycles. The van der Waals surface area contributed by atoms with E-state index in [-0.39, 0.29) is 10.8 Å². The van der Waals surface area contributed by atoms with Gasteiger partial charge in [-0.1, -0.05) is 31.9 Å². The monoisotopic (exact) mass is 336 g/mol. The van der Waals surface area contributed by atoms with Crippen molar-refractivity contribution in [3.8, 4) is 0 Å². The second-order valence-corrected chi connectivity index (χ2v) is 4.70. The van der Waals surface area contributed by atoms with Gasteiger partial charge in [0.25, 0.3) is 0 Å². The Labute approximate surface area is 105 Å². The molecule has 0 aliphatic carbocycles. The van der Waals surface area contributed by atoms with Crippen LogP contribution >= 0.6 is 31.9 Å². The highest BCUT2D eigenvalue weighted by molar-refractivity contribution is 9.12. The van der Waals surface area contributed by atoms with Crippen molar-refractivity contribution in [1.29, 1.82) is 0 Å². The lowest BCUT2D eigenvalue weighted by Gasteiger charge is -2.14. The first-order valence-electron chi connectivity index (χ1n) is 4.36. The summed E-state index contributed by atoms with van der Waals surface area (Å²) in [6, 6.07) is 0. The van der Waals surface area contributed by atoms with Crippen molar-refractivity contribution in [2.75, 3.05) is 6.61 Å². The number of ether oxygens (including phenoxy) is 1. The van der Waals surface area contributed by atoms with Crippen molar-refractivity contribution in [3.63, 3.8) is 0 Å². The number of nitrogens with zero attached hydrogens (tertiary/aromatic N) is 2. The predicted molar refractivity (Wildman–Crippen MR) is 63.0 cm³/mol. The number of carbonyl (C=O) groups is 1. The fourth-order valence-electron chi connectivity index (χ4n) is 0.963. The van der Waals surface area contributed by atoms with Crippen LogP contribution in [0.1, 0.15) is 17.3 Å². The minimum atomic E-state index is -0.441. The van der Waals surface area contributed by atoms with Crippen molar-refractivity contribution in [1.82, 2.24) is 9.97 Å². The van der Waals surface area contributed by atoms with E-state index < -0.39 is 4.83 Å². The van der Waals surface area contributed by atoms with Crippen LogP contribution in [-0.4, -0.2) is 27.4 Å². The molecule has 1 aromatic heterocycles. The standard InChI is InChI=1S/C9H10Br2N2O2/c1-2-15-9(14)8(11)7(10)6-3-12-5-13-4-6/h3-5,7-8H,2H2,1H3/t7-,8-/m0/s1. The molecule has 0 spiro atoms. The van der Waals surface area contributed by atoms with E-state index in [0.29, 0.717) is 6.61 Å². The third-order valence-corrected chi connectivity index (χ3v) is 4.34. The molecule has 4 nitrogen and oxygen atoms in total. The maximum absolute atomic E-state index is 11.4. The highest BCUT2D eigenvalue weighted by Gasteiger charge is 2.26. The summed E-state index contributed by atoms with van der Waals surface area (Å²) < 4.78 is 4.89. The zero-order valence-electron chi connectivity index (χ0n) is 8.06. The van der Waals surface area contributed by atoms with Gasteiger partial charge < -0.3 is 4.74 Å². The molecular weight excluding hydrogens is 328 g/mol. The van der Waals surface area contributed by atoms with Crippen LogP contribution in [0.2, 0.25) is 0 Å². The van der Waals surface area contributed by atoms with Gasteiger partial charge in [-0.2, -0.15) is 0 Å². The first-order chi connectivity index (χ1) is 7.16. The highest BCUT2D eigenvalue weighted by atomic mass is 79.9. The van der Waals surface area contributed by atoms with Gasteiger partial charge in [0, 0.05) is 18.0 Å². The van der Waals surface area contributed by atoms with Gasteiger partial charge >= 0.3 is 5.97 Å². The summed E-state index contributed by atoms with van der Waals surface area (Å²) in [5.74, 6) is -0.303.